The number of carboxylic acids is 1. The van der Waals surface area contributed by atoms with Crippen molar-refractivity contribution in [3.63, 3.8) is 0 Å². The summed E-state index contributed by atoms with van der Waals surface area (Å²) in [6, 6.07) is 5.30. The summed E-state index contributed by atoms with van der Waals surface area (Å²) in [5.74, 6) is -1.66. The molecule has 0 spiro atoms. The van der Waals surface area contributed by atoms with Crippen molar-refractivity contribution in [1.82, 2.24) is 0 Å². The van der Waals surface area contributed by atoms with Crippen LogP contribution in [0.4, 0.5) is 5.69 Å². The van der Waals surface area contributed by atoms with Crippen LogP contribution in [0.2, 0.25) is 5.02 Å². The van der Waals surface area contributed by atoms with Gasteiger partial charge in [-0.1, -0.05) is 17.7 Å². The zero-order valence-electron chi connectivity index (χ0n) is 8.03. The molecule has 4 nitrogen and oxygen atoms in total. The number of nitrogens with one attached hydrogen (secondary N) is 1. The highest BCUT2D eigenvalue weighted by molar-refractivity contribution is 6.30. The minimum absolute atomic E-state index is 0.456. The Hall–Kier alpha value is -1.55. The largest absolute Gasteiger partial charge is 0.479 e. The molecule has 2 N–H and O–H groups in total. The van der Waals surface area contributed by atoms with Crippen LogP contribution in [-0.4, -0.2) is 22.9 Å². The lowest BCUT2D eigenvalue weighted by atomic mass is 10.2. The van der Waals surface area contributed by atoms with Crippen molar-refractivity contribution in [2.75, 3.05) is 5.32 Å². The van der Waals surface area contributed by atoms with Gasteiger partial charge in [0.15, 0.2) is 11.8 Å². The summed E-state index contributed by atoms with van der Waals surface area (Å²) in [5.41, 5.74) is 0.505. The van der Waals surface area contributed by atoms with Gasteiger partial charge in [0.05, 0.1) is 0 Å². The van der Waals surface area contributed by atoms with Gasteiger partial charge in [-0.25, -0.2) is 4.79 Å². The van der Waals surface area contributed by atoms with E-state index in [1.165, 1.54) is 6.92 Å². The molecule has 5 heteroatoms. The van der Waals surface area contributed by atoms with Gasteiger partial charge in [0, 0.05) is 10.7 Å². The summed E-state index contributed by atoms with van der Waals surface area (Å²) in [6.45, 7) is 1.22. The lowest BCUT2D eigenvalue weighted by Gasteiger charge is -2.12. The Bertz CT molecular complexity index is 378. The maximum Gasteiger partial charge on any atom is 0.333 e. The van der Waals surface area contributed by atoms with E-state index in [1.54, 1.807) is 24.3 Å². The number of hydrogen-bond donors (Lipinski definition) is 2. The maximum atomic E-state index is 11.0. The molecular formula is C10H10ClNO3. The normalized spacial score (nSPS) is 11.9. The van der Waals surface area contributed by atoms with Gasteiger partial charge in [-0.15, -0.1) is 0 Å². The number of aliphatic carboxylic acids is 1. The first-order chi connectivity index (χ1) is 7.00. The molecule has 0 saturated heterocycles. The van der Waals surface area contributed by atoms with Gasteiger partial charge in [-0.2, -0.15) is 0 Å². The van der Waals surface area contributed by atoms with E-state index in [-0.39, 0.29) is 0 Å². The van der Waals surface area contributed by atoms with Crippen molar-refractivity contribution in [3.8, 4) is 0 Å². The van der Waals surface area contributed by atoms with E-state index in [9.17, 15) is 9.59 Å². The van der Waals surface area contributed by atoms with Crippen LogP contribution in [0.15, 0.2) is 24.3 Å². The summed E-state index contributed by atoms with van der Waals surface area (Å²) in [6.07, 6.45) is 0. The van der Waals surface area contributed by atoms with Crippen molar-refractivity contribution in [2.45, 2.75) is 13.0 Å². The van der Waals surface area contributed by atoms with Crippen LogP contribution in [-0.2, 0) is 9.59 Å². The number of ketones is 1. The highest BCUT2D eigenvalue weighted by Gasteiger charge is 2.21. The number of anilines is 1. The number of hydrogen-bond acceptors (Lipinski definition) is 3. The van der Waals surface area contributed by atoms with E-state index in [4.69, 9.17) is 16.7 Å². The Morgan fingerprint density at radius 1 is 1.47 bits per heavy atom. The van der Waals surface area contributed by atoms with E-state index in [0.29, 0.717) is 10.7 Å². The number of carbonyl (C=O) groups excluding carboxylic acids is 1. The third-order valence-electron chi connectivity index (χ3n) is 1.79. The highest BCUT2D eigenvalue weighted by atomic mass is 35.5. The molecule has 0 amide bonds. The molecule has 0 aliphatic carbocycles. The Labute approximate surface area is 91.9 Å². The minimum Gasteiger partial charge on any atom is -0.479 e. The maximum absolute atomic E-state index is 11.0. The van der Waals surface area contributed by atoms with E-state index < -0.39 is 17.8 Å². The topological polar surface area (TPSA) is 66.4 Å². The van der Waals surface area contributed by atoms with Crippen LogP contribution in [0.1, 0.15) is 6.92 Å². The summed E-state index contributed by atoms with van der Waals surface area (Å²) in [4.78, 5) is 21.7. The number of rotatable bonds is 4. The molecule has 1 aromatic carbocycles. The Morgan fingerprint density at radius 2 is 2.13 bits per heavy atom. The monoisotopic (exact) mass is 227 g/mol. The molecule has 0 heterocycles. The molecule has 0 bridgehead atoms. The van der Waals surface area contributed by atoms with Gasteiger partial charge in [0.2, 0.25) is 0 Å². The van der Waals surface area contributed by atoms with Crippen LogP contribution in [0, 0.1) is 0 Å². The summed E-state index contributed by atoms with van der Waals surface area (Å²) < 4.78 is 0. The third-order valence-corrected chi connectivity index (χ3v) is 2.02. The predicted molar refractivity (Wildman–Crippen MR) is 57.2 cm³/mol. The average molecular weight is 228 g/mol. The van der Waals surface area contributed by atoms with E-state index >= 15 is 0 Å². The first-order valence-corrected chi connectivity index (χ1v) is 4.64. The lowest BCUT2D eigenvalue weighted by molar-refractivity contribution is -0.140. The van der Waals surface area contributed by atoms with Crippen LogP contribution >= 0.6 is 11.6 Å². The fraction of sp³-hybridized carbons (Fsp3) is 0.200. The van der Waals surface area contributed by atoms with Gasteiger partial charge >= 0.3 is 5.97 Å². The number of benzene rings is 1. The molecule has 0 fully saturated rings. The summed E-state index contributed by atoms with van der Waals surface area (Å²) in [7, 11) is 0. The van der Waals surface area contributed by atoms with Gasteiger partial charge < -0.3 is 10.4 Å². The molecule has 0 radical (unpaired) electrons. The molecule has 0 saturated carbocycles. The molecule has 80 valence electrons. The second-order valence-electron chi connectivity index (χ2n) is 3.04. The SMILES string of the molecule is CC(=O)C(Nc1cccc(Cl)c1)C(=O)O. The van der Waals surface area contributed by atoms with Crippen LogP contribution in [0.5, 0.6) is 0 Å². The summed E-state index contributed by atoms with van der Waals surface area (Å²) >= 11 is 5.72. The summed E-state index contributed by atoms with van der Waals surface area (Å²) in [5, 5.41) is 11.8. The molecule has 1 atom stereocenters. The van der Waals surface area contributed by atoms with E-state index in [1.807, 2.05) is 0 Å². The van der Waals surface area contributed by atoms with Crippen LogP contribution in [0.25, 0.3) is 0 Å². The fourth-order valence-corrected chi connectivity index (χ4v) is 1.27. The third kappa shape index (κ3) is 3.25. The fourth-order valence-electron chi connectivity index (χ4n) is 1.08. The first-order valence-electron chi connectivity index (χ1n) is 4.26. The molecule has 0 aliphatic rings. The van der Waals surface area contributed by atoms with Gasteiger partial charge in [0.25, 0.3) is 0 Å². The zero-order valence-corrected chi connectivity index (χ0v) is 8.78. The second-order valence-corrected chi connectivity index (χ2v) is 3.47. The zero-order chi connectivity index (χ0) is 11.4. The van der Waals surface area contributed by atoms with Crippen LogP contribution < -0.4 is 5.32 Å². The van der Waals surface area contributed by atoms with E-state index in [2.05, 4.69) is 5.32 Å². The average Bonchev–Trinajstić information content (AvgIpc) is 2.13. The smallest absolute Gasteiger partial charge is 0.333 e. The molecule has 1 aromatic rings. The Kier molecular flexibility index (Phi) is 3.68. The highest BCUT2D eigenvalue weighted by Crippen LogP contribution is 2.15. The number of carboxylic acid groups (broad SMARTS) is 1. The number of Topliss-reactive ketones (excluding diaryl/α,β-unsaturated/α-hetero) is 1. The number of halogens is 1. The first kappa shape index (κ1) is 11.5. The van der Waals surface area contributed by atoms with Gasteiger partial charge in [0.1, 0.15) is 0 Å². The second kappa shape index (κ2) is 4.79. The van der Waals surface area contributed by atoms with E-state index in [0.717, 1.165) is 0 Å². The van der Waals surface area contributed by atoms with Crippen molar-refractivity contribution >= 4 is 29.0 Å². The van der Waals surface area contributed by atoms with Crippen LogP contribution in [0.3, 0.4) is 0 Å². The minimum atomic E-state index is -1.23. The van der Waals surface area contributed by atoms with Crippen molar-refractivity contribution in [3.05, 3.63) is 29.3 Å². The lowest BCUT2D eigenvalue weighted by Crippen LogP contribution is -2.35. The Morgan fingerprint density at radius 3 is 2.60 bits per heavy atom. The molecule has 0 aromatic heterocycles. The van der Waals surface area contributed by atoms with Crippen molar-refractivity contribution in [2.24, 2.45) is 0 Å². The van der Waals surface area contributed by atoms with Crippen molar-refractivity contribution in [1.29, 1.82) is 0 Å². The molecule has 1 rings (SSSR count). The Balaban J connectivity index is 2.83. The quantitative estimate of drug-likeness (QED) is 0.770. The number of carbonyl (C=O) groups is 2. The van der Waals surface area contributed by atoms with Gasteiger partial charge in [-0.3, -0.25) is 4.79 Å². The molecular weight excluding hydrogens is 218 g/mol. The van der Waals surface area contributed by atoms with Crippen molar-refractivity contribution < 1.29 is 14.7 Å². The molecule has 15 heavy (non-hydrogen) atoms. The predicted octanol–water partition coefficient (Wildman–Crippen LogP) is 1.79. The molecule has 0 aliphatic heterocycles. The standard InChI is InChI=1S/C10H10ClNO3/c1-6(13)9(10(14)15)12-8-4-2-3-7(11)5-8/h2-5,9,12H,1H3,(H,14,15). The molecule has 1 unspecified atom stereocenters. The van der Waals surface area contributed by atoms with Gasteiger partial charge in [-0.05, 0) is 25.1 Å².